The number of nitrogens with one attached hydrogen (secondary N) is 1. The molecule has 28 heavy (non-hydrogen) atoms. The van der Waals surface area contributed by atoms with Crippen molar-refractivity contribution in [3.63, 3.8) is 0 Å². The maximum absolute atomic E-state index is 13.1. The number of halogens is 3. The molecule has 0 unspecified atom stereocenters. The molecule has 1 fully saturated rings. The average Bonchev–Trinajstić information content (AvgIpc) is 2.64. The first-order valence-electron chi connectivity index (χ1n) is 9.91. The first-order valence-corrected chi connectivity index (χ1v) is 9.91. The van der Waals surface area contributed by atoms with E-state index in [-0.39, 0.29) is 5.75 Å². The number of aromatic nitrogens is 2. The largest absolute Gasteiger partial charge is 0.507 e. The number of rotatable bonds is 2. The van der Waals surface area contributed by atoms with Gasteiger partial charge in [0.15, 0.2) is 0 Å². The lowest BCUT2D eigenvalue weighted by molar-refractivity contribution is -0.137. The topological polar surface area (TPSA) is 58.0 Å². The number of phenolic OH excluding ortho intramolecular Hbond substituents is 1. The van der Waals surface area contributed by atoms with Gasteiger partial charge in [-0.25, -0.2) is 0 Å². The van der Waals surface area contributed by atoms with Gasteiger partial charge < -0.3 is 10.4 Å². The van der Waals surface area contributed by atoms with Crippen molar-refractivity contribution in [2.45, 2.75) is 51.1 Å². The van der Waals surface area contributed by atoms with Gasteiger partial charge in [0.2, 0.25) is 0 Å². The summed E-state index contributed by atoms with van der Waals surface area (Å²) in [5, 5.41) is 22.5. The molecule has 0 bridgehead atoms. The van der Waals surface area contributed by atoms with Crippen LogP contribution in [-0.2, 0) is 25.4 Å². The molecule has 1 aliphatic heterocycles. The number of hydrogen-bond donors (Lipinski definition) is 2. The zero-order valence-corrected chi connectivity index (χ0v) is 15.6. The van der Waals surface area contributed by atoms with Crippen LogP contribution in [0, 0.1) is 5.92 Å². The molecule has 2 heterocycles. The summed E-state index contributed by atoms with van der Waals surface area (Å²) < 4.78 is 39.4. The standard InChI is InChI=1S/C21H24F3N3O/c22-21(23,24)16-9-14-5-1-2-6-15-10-17(8-13-4-3-7-25-12-13)26-27-20(15)19(14)18(28)11-16/h9-11,13,25,28H,1-8,12H2/t13-/m0/s1. The van der Waals surface area contributed by atoms with E-state index in [0.717, 1.165) is 75.0 Å². The Bertz CT molecular complexity index is 861. The molecular formula is C21H24F3N3O. The highest BCUT2D eigenvalue weighted by Crippen LogP contribution is 2.41. The normalized spacial score (nSPS) is 20.0. The van der Waals surface area contributed by atoms with Crippen LogP contribution in [0.15, 0.2) is 18.2 Å². The smallest absolute Gasteiger partial charge is 0.416 e. The number of hydrogen-bond acceptors (Lipinski definition) is 4. The Balaban J connectivity index is 1.71. The maximum Gasteiger partial charge on any atom is 0.416 e. The van der Waals surface area contributed by atoms with Crippen LogP contribution < -0.4 is 5.32 Å². The fourth-order valence-corrected chi connectivity index (χ4v) is 4.32. The summed E-state index contributed by atoms with van der Waals surface area (Å²) in [4.78, 5) is 0. The maximum atomic E-state index is 13.1. The Morgan fingerprint density at radius 1 is 1.04 bits per heavy atom. The van der Waals surface area contributed by atoms with Gasteiger partial charge in [-0.15, -0.1) is 5.10 Å². The number of aryl methyl sites for hydroxylation is 2. The number of nitrogens with zero attached hydrogens (tertiary/aromatic N) is 2. The van der Waals surface area contributed by atoms with Crippen molar-refractivity contribution in [2.75, 3.05) is 13.1 Å². The second-order valence-electron chi connectivity index (χ2n) is 7.86. The highest BCUT2D eigenvalue weighted by atomic mass is 19.4. The lowest BCUT2D eigenvalue weighted by Crippen LogP contribution is -2.31. The highest BCUT2D eigenvalue weighted by Gasteiger charge is 2.33. The quantitative estimate of drug-likeness (QED) is 0.802. The van der Waals surface area contributed by atoms with Gasteiger partial charge in [-0.05, 0) is 93.3 Å². The average molecular weight is 391 g/mol. The van der Waals surface area contributed by atoms with Crippen molar-refractivity contribution in [1.82, 2.24) is 15.5 Å². The van der Waals surface area contributed by atoms with E-state index in [9.17, 15) is 18.3 Å². The Labute approximate surface area is 162 Å². The van der Waals surface area contributed by atoms with E-state index < -0.39 is 11.7 Å². The van der Waals surface area contributed by atoms with Crippen molar-refractivity contribution in [3.8, 4) is 17.0 Å². The van der Waals surface area contributed by atoms with E-state index in [4.69, 9.17) is 0 Å². The monoisotopic (exact) mass is 391 g/mol. The molecule has 0 spiro atoms. The molecule has 150 valence electrons. The predicted octanol–water partition coefficient (Wildman–Crippen LogP) is 4.29. The van der Waals surface area contributed by atoms with Crippen LogP contribution in [0.2, 0.25) is 0 Å². The van der Waals surface area contributed by atoms with Gasteiger partial charge in [-0.3, -0.25) is 0 Å². The number of fused-ring (bicyclic) bond motifs is 3. The molecule has 2 aliphatic rings. The van der Waals surface area contributed by atoms with E-state index in [1.165, 1.54) is 0 Å². The van der Waals surface area contributed by atoms with E-state index >= 15 is 0 Å². The SMILES string of the molecule is Oc1cc(C(F)(F)F)cc2c1-c1nnc(C[C@@H]3CCCNC3)cc1CCCC2. The number of aromatic hydroxyl groups is 1. The van der Waals surface area contributed by atoms with Crippen molar-refractivity contribution >= 4 is 0 Å². The van der Waals surface area contributed by atoms with E-state index in [0.29, 0.717) is 29.2 Å². The van der Waals surface area contributed by atoms with Gasteiger partial charge in [-0.2, -0.15) is 18.3 Å². The van der Waals surface area contributed by atoms with Crippen LogP contribution in [-0.4, -0.2) is 28.4 Å². The molecule has 4 rings (SSSR count). The van der Waals surface area contributed by atoms with Gasteiger partial charge in [0, 0.05) is 5.56 Å². The van der Waals surface area contributed by atoms with Crippen LogP contribution >= 0.6 is 0 Å². The number of benzene rings is 1. The van der Waals surface area contributed by atoms with Gasteiger partial charge >= 0.3 is 6.18 Å². The van der Waals surface area contributed by atoms with Crippen molar-refractivity contribution in [1.29, 1.82) is 0 Å². The third-order valence-electron chi connectivity index (χ3n) is 5.73. The summed E-state index contributed by atoms with van der Waals surface area (Å²) in [5.74, 6) is 0.163. The minimum atomic E-state index is -4.48. The van der Waals surface area contributed by atoms with Gasteiger partial charge in [0.1, 0.15) is 11.4 Å². The van der Waals surface area contributed by atoms with Gasteiger partial charge in [0.05, 0.1) is 11.3 Å². The summed E-state index contributed by atoms with van der Waals surface area (Å²) in [6, 6.07) is 3.98. The zero-order chi connectivity index (χ0) is 19.7. The molecule has 4 nitrogen and oxygen atoms in total. The fourth-order valence-electron chi connectivity index (χ4n) is 4.32. The van der Waals surface area contributed by atoms with E-state index in [1.54, 1.807) is 0 Å². The molecule has 1 atom stereocenters. The molecule has 1 aromatic heterocycles. The molecule has 0 radical (unpaired) electrons. The van der Waals surface area contributed by atoms with Crippen LogP contribution in [0.5, 0.6) is 5.75 Å². The first-order chi connectivity index (χ1) is 13.4. The first kappa shape index (κ1) is 19.2. The Hall–Kier alpha value is -2.15. The Kier molecular flexibility index (Phi) is 5.27. The molecule has 2 N–H and O–H groups in total. The molecule has 0 saturated carbocycles. The molecule has 0 amide bonds. The third kappa shape index (κ3) is 3.99. The predicted molar refractivity (Wildman–Crippen MR) is 100 cm³/mol. The third-order valence-corrected chi connectivity index (χ3v) is 5.73. The summed E-state index contributed by atoms with van der Waals surface area (Å²) in [7, 11) is 0. The molecular weight excluding hydrogens is 367 g/mol. The van der Waals surface area contributed by atoms with E-state index in [1.807, 2.05) is 6.07 Å². The van der Waals surface area contributed by atoms with Crippen LogP contribution in [0.25, 0.3) is 11.3 Å². The second-order valence-corrected chi connectivity index (χ2v) is 7.86. The lowest BCUT2D eigenvalue weighted by atomic mass is 9.88. The van der Waals surface area contributed by atoms with Gasteiger partial charge in [0.25, 0.3) is 0 Å². The van der Waals surface area contributed by atoms with Crippen LogP contribution in [0.3, 0.4) is 0 Å². The van der Waals surface area contributed by atoms with Crippen molar-refractivity contribution < 1.29 is 18.3 Å². The van der Waals surface area contributed by atoms with Crippen molar-refractivity contribution in [3.05, 3.63) is 40.6 Å². The summed E-state index contributed by atoms with van der Waals surface area (Å²) in [6.07, 6.45) is 1.61. The minimum Gasteiger partial charge on any atom is -0.507 e. The second kappa shape index (κ2) is 7.70. The van der Waals surface area contributed by atoms with Crippen molar-refractivity contribution in [2.24, 2.45) is 5.92 Å². The number of phenols is 1. The Morgan fingerprint density at radius 2 is 1.82 bits per heavy atom. The molecule has 1 saturated heterocycles. The lowest BCUT2D eigenvalue weighted by Gasteiger charge is -2.23. The molecule has 1 aliphatic carbocycles. The molecule has 2 aromatic rings. The zero-order valence-electron chi connectivity index (χ0n) is 15.6. The van der Waals surface area contributed by atoms with Crippen LogP contribution in [0.4, 0.5) is 13.2 Å². The fraction of sp³-hybridized carbons (Fsp3) is 0.524. The summed E-state index contributed by atoms with van der Waals surface area (Å²) in [6.45, 7) is 2.03. The molecule has 1 aromatic carbocycles. The van der Waals surface area contributed by atoms with Gasteiger partial charge in [-0.1, -0.05) is 0 Å². The van der Waals surface area contributed by atoms with E-state index in [2.05, 4.69) is 15.5 Å². The number of alkyl halides is 3. The summed E-state index contributed by atoms with van der Waals surface area (Å²) >= 11 is 0. The summed E-state index contributed by atoms with van der Waals surface area (Å²) in [5.41, 5.74) is 2.48. The number of piperidine rings is 1. The Morgan fingerprint density at radius 3 is 2.54 bits per heavy atom. The minimum absolute atomic E-state index is 0.369. The van der Waals surface area contributed by atoms with Crippen LogP contribution in [0.1, 0.15) is 48.1 Å². The molecule has 7 heteroatoms. The highest BCUT2D eigenvalue weighted by molar-refractivity contribution is 5.74.